The number of rotatable bonds is 5. The lowest BCUT2D eigenvalue weighted by atomic mass is 10.1. The zero-order chi connectivity index (χ0) is 17.1. The van der Waals surface area contributed by atoms with Gasteiger partial charge in [0.25, 0.3) is 5.91 Å². The van der Waals surface area contributed by atoms with Crippen molar-refractivity contribution in [3.05, 3.63) is 41.2 Å². The number of hydrogen-bond acceptors (Lipinski definition) is 4. The van der Waals surface area contributed by atoms with E-state index in [0.29, 0.717) is 36.8 Å². The first kappa shape index (κ1) is 16.4. The Morgan fingerprint density at radius 1 is 1.33 bits per heavy atom. The van der Waals surface area contributed by atoms with Crippen molar-refractivity contribution in [1.82, 2.24) is 15.1 Å². The van der Waals surface area contributed by atoms with E-state index in [-0.39, 0.29) is 11.8 Å². The molecule has 0 bridgehead atoms. The Hall–Kier alpha value is -2.50. The van der Waals surface area contributed by atoms with Crippen LogP contribution < -0.4 is 14.8 Å². The predicted octanol–water partition coefficient (Wildman–Crippen LogP) is 2.34. The number of benzene rings is 1. The van der Waals surface area contributed by atoms with Gasteiger partial charge in [-0.25, -0.2) is 0 Å². The number of fused-ring (bicyclic) bond motifs is 1. The first-order chi connectivity index (χ1) is 11.5. The Kier molecular flexibility index (Phi) is 4.74. The van der Waals surface area contributed by atoms with Crippen molar-refractivity contribution >= 4 is 5.91 Å². The van der Waals surface area contributed by atoms with E-state index in [9.17, 15) is 4.79 Å². The first-order valence-corrected chi connectivity index (χ1v) is 8.22. The normalized spacial score (nSPS) is 14.3. The number of hydrogen-bond donors (Lipinski definition) is 1. The molecule has 1 N–H and O–H groups in total. The summed E-state index contributed by atoms with van der Waals surface area (Å²) in [6.45, 7) is 8.43. The number of carbonyl (C=O) groups excluding carboxylic acids is 1. The van der Waals surface area contributed by atoms with Gasteiger partial charge in [-0.2, -0.15) is 5.10 Å². The molecule has 6 heteroatoms. The molecule has 1 aliphatic rings. The van der Waals surface area contributed by atoms with Crippen LogP contribution in [-0.4, -0.2) is 35.4 Å². The maximum Gasteiger partial charge on any atom is 0.255 e. The van der Waals surface area contributed by atoms with Gasteiger partial charge in [0.1, 0.15) is 13.2 Å². The van der Waals surface area contributed by atoms with E-state index in [0.717, 1.165) is 17.9 Å². The molecule has 0 saturated carbocycles. The highest BCUT2D eigenvalue weighted by Gasteiger charge is 2.20. The molecule has 2 aromatic rings. The van der Waals surface area contributed by atoms with Gasteiger partial charge in [0.05, 0.1) is 11.3 Å². The van der Waals surface area contributed by atoms with Gasteiger partial charge in [-0.15, -0.1) is 0 Å². The minimum absolute atomic E-state index is 0.141. The molecule has 24 heavy (non-hydrogen) atoms. The van der Waals surface area contributed by atoms with E-state index >= 15 is 0 Å². The van der Waals surface area contributed by atoms with Gasteiger partial charge in [0.15, 0.2) is 11.5 Å². The van der Waals surface area contributed by atoms with Crippen molar-refractivity contribution in [1.29, 1.82) is 0 Å². The first-order valence-electron chi connectivity index (χ1n) is 8.22. The van der Waals surface area contributed by atoms with Crippen LogP contribution in [0.4, 0.5) is 0 Å². The fourth-order valence-corrected chi connectivity index (χ4v) is 2.83. The van der Waals surface area contributed by atoms with Crippen LogP contribution in [0.2, 0.25) is 0 Å². The predicted molar refractivity (Wildman–Crippen MR) is 90.6 cm³/mol. The van der Waals surface area contributed by atoms with E-state index in [1.54, 1.807) is 6.07 Å². The maximum absolute atomic E-state index is 12.5. The SMILES string of the molecule is Cc1cc(C)n(CC(C)CNC(=O)c2cccc3c2OCCO3)n1. The molecule has 0 aliphatic carbocycles. The van der Waals surface area contributed by atoms with Gasteiger partial charge in [-0.1, -0.05) is 13.0 Å². The summed E-state index contributed by atoms with van der Waals surface area (Å²) in [5.74, 6) is 1.29. The number of nitrogens with zero attached hydrogens (tertiary/aromatic N) is 2. The van der Waals surface area contributed by atoms with Crippen LogP contribution in [0.1, 0.15) is 28.7 Å². The third-order valence-corrected chi connectivity index (χ3v) is 4.01. The second-order valence-electron chi connectivity index (χ2n) is 6.25. The fourth-order valence-electron chi connectivity index (χ4n) is 2.83. The van der Waals surface area contributed by atoms with Crippen LogP contribution in [0.3, 0.4) is 0 Å². The van der Waals surface area contributed by atoms with Crippen molar-refractivity contribution in [2.24, 2.45) is 5.92 Å². The third kappa shape index (κ3) is 3.53. The molecular formula is C18H23N3O3. The lowest BCUT2D eigenvalue weighted by Gasteiger charge is -2.21. The summed E-state index contributed by atoms with van der Waals surface area (Å²) in [5.41, 5.74) is 2.66. The second-order valence-corrected chi connectivity index (χ2v) is 6.25. The molecule has 2 heterocycles. The standard InChI is InChI=1S/C18H23N3O3/c1-12(11-21-14(3)9-13(2)20-21)10-19-18(22)15-5-4-6-16-17(15)24-8-7-23-16/h4-6,9,12H,7-8,10-11H2,1-3H3,(H,19,22). The number of amides is 1. The molecule has 1 aromatic carbocycles. The average Bonchev–Trinajstić information content (AvgIpc) is 2.89. The summed E-state index contributed by atoms with van der Waals surface area (Å²) >= 11 is 0. The summed E-state index contributed by atoms with van der Waals surface area (Å²) in [5, 5.41) is 7.44. The Bertz CT molecular complexity index is 739. The molecule has 0 spiro atoms. The summed E-state index contributed by atoms with van der Waals surface area (Å²) in [4.78, 5) is 12.5. The highest BCUT2D eigenvalue weighted by Crippen LogP contribution is 2.33. The molecular weight excluding hydrogens is 306 g/mol. The van der Waals surface area contributed by atoms with Gasteiger partial charge in [-0.05, 0) is 38.0 Å². The average molecular weight is 329 g/mol. The molecule has 1 amide bonds. The summed E-state index contributed by atoms with van der Waals surface area (Å²) in [7, 11) is 0. The van der Waals surface area contributed by atoms with Crippen LogP contribution in [0.25, 0.3) is 0 Å². The monoisotopic (exact) mass is 329 g/mol. The van der Waals surface area contributed by atoms with Crippen molar-refractivity contribution < 1.29 is 14.3 Å². The summed E-state index contributed by atoms with van der Waals surface area (Å²) in [6.07, 6.45) is 0. The molecule has 0 saturated heterocycles. The van der Waals surface area contributed by atoms with Gasteiger partial charge in [0.2, 0.25) is 0 Å². The molecule has 0 radical (unpaired) electrons. The highest BCUT2D eigenvalue weighted by atomic mass is 16.6. The number of aromatic nitrogens is 2. The smallest absolute Gasteiger partial charge is 0.255 e. The number of nitrogens with one attached hydrogen (secondary N) is 1. The second kappa shape index (κ2) is 6.95. The van der Waals surface area contributed by atoms with Crippen molar-refractivity contribution in [3.63, 3.8) is 0 Å². The molecule has 128 valence electrons. The molecule has 3 rings (SSSR count). The van der Waals surface area contributed by atoms with Gasteiger partial charge in [-0.3, -0.25) is 9.48 Å². The summed E-state index contributed by atoms with van der Waals surface area (Å²) in [6, 6.07) is 7.44. The zero-order valence-corrected chi connectivity index (χ0v) is 14.3. The molecule has 1 unspecified atom stereocenters. The van der Waals surface area contributed by atoms with E-state index < -0.39 is 0 Å². The van der Waals surface area contributed by atoms with Crippen LogP contribution in [-0.2, 0) is 6.54 Å². The van der Waals surface area contributed by atoms with Crippen molar-refractivity contribution in [3.8, 4) is 11.5 Å². The Balaban J connectivity index is 1.60. The minimum Gasteiger partial charge on any atom is -0.486 e. The van der Waals surface area contributed by atoms with E-state index in [1.165, 1.54) is 0 Å². The third-order valence-electron chi connectivity index (χ3n) is 4.01. The lowest BCUT2D eigenvalue weighted by molar-refractivity contribution is 0.0935. The lowest BCUT2D eigenvalue weighted by Crippen LogP contribution is -2.31. The maximum atomic E-state index is 12.5. The quantitative estimate of drug-likeness (QED) is 0.914. The molecule has 1 aliphatic heterocycles. The number of aryl methyl sites for hydroxylation is 2. The topological polar surface area (TPSA) is 65.4 Å². The summed E-state index contributed by atoms with van der Waals surface area (Å²) < 4.78 is 13.1. The van der Waals surface area contributed by atoms with Crippen LogP contribution in [0.5, 0.6) is 11.5 Å². The van der Waals surface area contributed by atoms with Gasteiger partial charge in [0, 0.05) is 18.8 Å². The number of ether oxygens (including phenoxy) is 2. The van der Waals surface area contributed by atoms with Gasteiger partial charge < -0.3 is 14.8 Å². The minimum atomic E-state index is -0.141. The van der Waals surface area contributed by atoms with E-state index in [2.05, 4.69) is 23.4 Å². The van der Waals surface area contributed by atoms with Crippen molar-refractivity contribution in [2.45, 2.75) is 27.3 Å². The van der Waals surface area contributed by atoms with Crippen LogP contribution in [0, 0.1) is 19.8 Å². The molecule has 6 nitrogen and oxygen atoms in total. The van der Waals surface area contributed by atoms with E-state index in [1.807, 2.05) is 30.7 Å². The van der Waals surface area contributed by atoms with Crippen LogP contribution in [0.15, 0.2) is 24.3 Å². The van der Waals surface area contributed by atoms with Crippen LogP contribution >= 0.6 is 0 Å². The Labute approximate surface area is 141 Å². The number of carbonyl (C=O) groups is 1. The Morgan fingerprint density at radius 2 is 2.12 bits per heavy atom. The number of para-hydroxylation sites is 1. The largest absolute Gasteiger partial charge is 0.486 e. The zero-order valence-electron chi connectivity index (χ0n) is 14.3. The Morgan fingerprint density at radius 3 is 2.88 bits per heavy atom. The van der Waals surface area contributed by atoms with Crippen molar-refractivity contribution in [2.75, 3.05) is 19.8 Å². The highest BCUT2D eigenvalue weighted by molar-refractivity contribution is 5.97. The molecule has 0 fully saturated rings. The van der Waals surface area contributed by atoms with E-state index in [4.69, 9.17) is 9.47 Å². The fraction of sp³-hybridized carbons (Fsp3) is 0.444. The van der Waals surface area contributed by atoms with Gasteiger partial charge >= 0.3 is 0 Å². The molecule has 1 aromatic heterocycles. The molecule has 1 atom stereocenters.